The first-order chi connectivity index (χ1) is 12.7. The van der Waals surface area contributed by atoms with Crippen molar-refractivity contribution >= 4 is 17.4 Å². The highest BCUT2D eigenvalue weighted by Crippen LogP contribution is 2.19. The minimum absolute atomic E-state index is 0.254. The molecule has 0 spiro atoms. The number of benzene rings is 2. The predicted octanol–water partition coefficient (Wildman–Crippen LogP) is 4.26. The molecule has 0 radical (unpaired) electrons. The fraction of sp³-hybridized carbons (Fsp3) is 0.143. The minimum Gasteiger partial charge on any atom is -0.496 e. The van der Waals surface area contributed by atoms with Crippen LogP contribution in [0.1, 0.15) is 21.5 Å². The monoisotopic (exact) mass is 347 g/mol. The van der Waals surface area contributed by atoms with Crippen LogP contribution < -0.4 is 15.4 Å². The highest BCUT2D eigenvalue weighted by molar-refractivity contribution is 6.05. The van der Waals surface area contributed by atoms with Gasteiger partial charge in [0.25, 0.3) is 5.91 Å². The molecule has 5 nitrogen and oxygen atoms in total. The summed E-state index contributed by atoms with van der Waals surface area (Å²) in [6, 6.07) is 19.0. The lowest BCUT2D eigenvalue weighted by atomic mass is 10.1. The van der Waals surface area contributed by atoms with Crippen molar-refractivity contribution in [3.63, 3.8) is 0 Å². The summed E-state index contributed by atoms with van der Waals surface area (Å²) in [5.74, 6) is 0.763. The number of anilines is 2. The fourth-order valence-electron chi connectivity index (χ4n) is 2.59. The number of nitrogens with zero attached hydrogens (tertiary/aromatic N) is 1. The zero-order valence-corrected chi connectivity index (χ0v) is 14.8. The SMILES string of the molecule is COc1ccccc1C(=O)Nc1ccc(NCc2ccccc2C)cn1. The molecule has 0 saturated carbocycles. The van der Waals surface area contributed by atoms with E-state index in [0.29, 0.717) is 17.1 Å². The first kappa shape index (κ1) is 17.5. The van der Waals surface area contributed by atoms with Crippen molar-refractivity contribution in [2.45, 2.75) is 13.5 Å². The molecule has 0 aliphatic carbocycles. The van der Waals surface area contributed by atoms with Gasteiger partial charge in [0.2, 0.25) is 0 Å². The molecule has 1 heterocycles. The molecule has 0 bridgehead atoms. The number of carbonyl (C=O) groups is 1. The van der Waals surface area contributed by atoms with E-state index in [4.69, 9.17) is 4.74 Å². The third-order valence-electron chi connectivity index (χ3n) is 4.10. The summed E-state index contributed by atoms with van der Waals surface area (Å²) in [5, 5.41) is 6.12. The first-order valence-corrected chi connectivity index (χ1v) is 8.36. The van der Waals surface area contributed by atoms with Gasteiger partial charge in [-0.1, -0.05) is 36.4 Å². The number of aromatic nitrogens is 1. The Bertz CT molecular complexity index is 892. The van der Waals surface area contributed by atoms with Gasteiger partial charge >= 0.3 is 0 Å². The molecule has 0 aliphatic heterocycles. The van der Waals surface area contributed by atoms with Crippen molar-refractivity contribution in [1.82, 2.24) is 4.98 Å². The van der Waals surface area contributed by atoms with E-state index in [1.807, 2.05) is 24.3 Å². The molecular weight excluding hydrogens is 326 g/mol. The maximum absolute atomic E-state index is 12.4. The molecule has 0 saturated heterocycles. The first-order valence-electron chi connectivity index (χ1n) is 8.36. The van der Waals surface area contributed by atoms with Crippen molar-refractivity contribution in [2.24, 2.45) is 0 Å². The number of amides is 1. The second-order valence-corrected chi connectivity index (χ2v) is 5.87. The summed E-state index contributed by atoms with van der Waals surface area (Å²) in [4.78, 5) is 16.7. The second-order valence-electron chi connectivity index (χ2n) is 5.87. The Morgan fingerprint density at radius 1 is 1.04 bits per heavy atom. The summed E-state index contributed by atoms with van der Waals surface area (Å²) < 4.78 is 5.22. The van der Waals surface area contributed by atoms with E-state index in [2.05, 4.69) is 34.7 Å². The van der Waals surface area contributed by atoms with E-state index >= 15 is 0 Å². The molecule has 3 aromatic rings. The van der Waals surface area contributed by atoms with Crippen molar-refractivity contribution in [1.29, 1.82) is 0 Å². The van der Waals surface area contributed by atoms with Crippen LogP contribution in [0.4, 0.5) is 11.5 Å². The molecular formula is C21H21N3O2. The van der Waals surface area contributed by atoms with Crippen LogP contribution in [-0.4, -0.2) is 18.0 Å². The number of para-hydroxylation sites is 1. The van der Waals surface area contributed by atoms with Crippen molar-refractivity contribution in [3.05, 3.63) is 83.6 Å². The zero-order chi connectivity index (χ0) is 18.4. The summed E-state index contributed by atoms with van der Waals surface area (Å²) in [7, 11) is 1.54. The maximum atomic E-state index is 12.4. The quantitative estimate of drug-likeness (QED) is 0.699. The van der Waals surface area contributed by atoms with Gasteiger partial charge in [0.05, 0.1) is 24.6 Å². The Balaban J connectivity index is 1.62. The Morgan fingerprint density at radius 3 is 2.54 bits per heavy atom. The molecule has 0 unspecified atom stereocenters. The third kappa shape index (κ3) is 4.19. The largest absolute Gasteiger partial charge is 0.496 e. The number of nitrogens with one attached hydrogen (secondary N) is 2. The van der Waals surface area contributed by atoms with Crippen LogP contribution in [0.5, 0.6) is 5.75 Å². The summed E-state index contributed by atoms with van der Waals surface area (Å²) in [6.07, 6.45) is 1.70. The van der Waals surface area contributed by atoms with Crippen molar-refractivity contribution in [3.8, 4) is 5.75 Å². The van der Waals surface area contributed by atoms with Gasteiger partial charge in [0.15, 0.2) is 0 Å². The number of hydrogen-bond donors (Lipinski definition) is 2. The smallest absolute Gasteiger partial charge is 0.260 e. The van der Waals surface area contributed by atoms with Crippen LogP contribution in [0.25, 0.3) is 0 Å². The van der Waals surface area contributed by atoms with Crippen molar-refractivity contribution < 1.29 is 9.53 Å². The highest BCUT2D eigenvalue weighted by Gasteiger charge is 2.12. The number of methoxy groups -OCH3 is 1. The third-order valence-corrected chi connectivity index (χ3v) is 4.10. The second kappa shape index (κ2) is 8.16. The van der Waals surface area contributed by atoms with E-state index in [1.54, 1.807) is 37.6 Å². The average Bonchev–Trinajstić information content (AvgIpc) is 2.68. The lowest BCUT2D eigenvalue weighted by Gasteiger charge is -2.10. The molecule has 2 aromatic carbocycles. The number of aryl methyl sites for hydroxylation is 1. The van der Waals surface area contributed by atoms with Gasteiger partial charge in [-0.05, 0) is 42.3 Å². The number of hydrogen-bond acceptors (Lipinski definition) is 4. The number of carbonyl (C=O) groups excluding carboxylic acids is 1. The van der Waals surface area contributed by atoms with E-state index in [0.717, 1.165) is 12.2 Å². The fourth-order valence-corrected chi connectivity index (χ4v) is 2.59. The van der Waals surface area contributed by atoms with Crippen LogP contribution in [0.3, 0.4) is 0 Å². The number of ether oxygens (including phenoxy) is 1. The molecule has 5 heteroatoms. The lowest BCUT2D eigenvalue weighted by Crippen LogP contribution is -2.14. The van der Waals surface area contributed by atoms with Gasteiger partial charge in [0.1, 0.15) is 11.6 Å². The molecule has 3 rings (SSSR count). The van der Waals surface area contributed by atoms with E-state index in [9.17, 15) is 4.79 Å². The number of rotatable bonds is 6. The van der Waals surface area contributed by atoms with Crippen LogP contribution >= 0.6 is 0 Å². The molecule has 26 heavy (non-hydrogen) atoms. The Labute approximate surface area is 153 Å². The molecule has 132 valence electrons. The van der Waals surface area contributed by atoms with Gasteiger partial charge < -0.3 is 15.4 Å². The predicted molar refractivity (Wildman–Crippen MR) is 104 cm³/mol. The van der Waals surface area contributed by atoms with Crippen LogP contribution in [-0.2, 0) is 6.54 Å². The van der Waals surface area contributed by atoms with Crippen LogP contribution in [0.15, 0.2) is 66.9 Å². The molecule has 1 amide bonds. The van der Waals surface area contributed by atoms with E-state index < -0.39 is 0 Å². The Hall–Kier alpha value is -3.34. The van der Waals surface area contributed by atoms with E-state index in [-0.39, 0.29) is 5.91 Å². The molecule has 0 atom stereocenters. The topological polar surface area (TPSA) is 63.2 Å². The normalized spacial score (nSPS) is 10.2. The average molecular weight is 347 g/mol. The zero-order valence-electron chi connectivity index (χ0n) is 14.8. The van der Waals surface area contributed by atoms with Crippen LogP contribution in [0.2, 0.25) is 0 Å². The van der Waals surface area contributed by atoms with Gasteiger partial charge in [-0.15, -0.1) is 0 Å². The Kier molecular flexibility index (Phi) is 5.49. The highest BCUT2D eigenvalue weighted by atomic mass is 16.5. The van der Waals surface area contributed by atoms with Crippen LogP contribution in [0, 0.1) is 6.92 Å². The lowest BCUT2D eigenvalue weighted by molar-refractivity contribution is 0.102. The molecule has 0 aliphatic rings. The minimum atomic E-state index is -0.254. The molecule has 2 N–H and O–H groups in total. The summed E-state index contributed by atoms with van der Waals surface area (Å²) >= 11 is 0. The van der Waals surface area contributed by atoms with Gasteiger partial charge in [-0.25, -0.2) is 4.98 Å². The van der Waals surface area contributed by atoms with Gasteiger partial charge in [0, 0.05) is 6.54 Å². The van der Waals surface area contributed by atoms with Gasteiger partial charge in [-0.2, -0.15) is 0 Å². The van der Waals surface area contributed by atoms with E-state index in [1.165, 1.54) is 11.1 Å². The molecule has 0 fully saturated rings. The number of pyridine rings is 1. The molecule has 1 aromatic heterocycles. The summed E-state index contributed by atoms with van der Waals surface area (Å²) in [5.41, 5.74) is 3.84. The van der Waals surface area contributed by atoms with Gasteiger partial charge in [-0.3, -0.25) is 4.79 Å². The summed E-state index contributed by atoms with van der Waals surface area (Å²) in [6.45, 7) is 2.81. The maximum Gasteiger partial charge on any atom is 0.260 e. The standard InChI is InChI=1S/C21H21N3O2/c1-15-7-3-4-8-16(15)13-22-17-11-12-20(23-14-17)24-21(25)18-9-5-6-10-19(18)26-2/h3-12,14,22H,13H2,1-2H3,(H,23,24,25). The van der Waals surface area contributed by atoms with Crippen molar-refractivity contribution in [2.75, 3.05) is 17.7 Å². The Morgan fingerprint density at radius 2 is 1.81 bits per heavy atom.